The molecule has 0 radical (unpaired) electrons. The molecule has 156 valence electrons. The van der Waals surface area contributed by atoms with Gasteiger partial charge in [0, 0.05) is 26.2 Å². The van der Waals surface area contributed by atoms with Crippen molar-refractivity contribution in [3.63, 3.8) is 0 Å². The Balaban J connectivity index is 1.63. The third-order valence-electron chi connectivity index (χ3n) is 7.11. The molecule has 4 fully saturated rings. The molecule has 1 aliphatic carbocycles. The Morgan fingerprint density at radius 1 is 1.21 bits per heavy atom. The number of rotatable bonds is 6. The fraction of sp³-hybridized carbons (Fsp3) is 0.850. The first-order valence-corrected chi connectivity index (χ1v) is 10.6. The number of fused-ring (bicyclic) bond motifs is 1. The van der Waals surface area contributed by atoms with E-state index in [9.17, 15) is 19.5 Å². The lowest BCUT2D eigenvalue weighted by molar-refractivity contribution is -0.142. The van der Waals surface area contributed by atoms with Crippen molar-refractivity contribution in [3.8, 4) is 0 Å². The third-order valence-corrected chi connectivity index (χ3v) is 7.11. The van der Waals surface area contributed by atoms with Crippen LogP contribution in [0.3, 0.4) is 0 Å². The van der Waals surface area contributed by atoms with Gasteiger partial charge in [0.05, 0.1) is 17.9 Å². The zero-order chi connectivity index (χ0) is 19.9. The van der Waals surface area contributed by atoms with Crippen molar-refractivity contribution < 1.29 is 24.2 Å². The summed E-state index contributed by atoms with van der Waals surface area (Å²) in [5.74, 6) is -1.71. The molecule has 0 aromatic heterocycles. The monoisotopic (exact) mass is 393 g/mol. The van der Waals surface area contributed by atoms with E-state index in [4.69, 9.17) is 4.74 Å². The lowest BCUT2D eigenvalue weighted by atomic mass is 9.70. The van der Waals surface area contributed by atoms with Gasteiger partial charge in [-0.3, -0.25) is 14.4 Å². The molecule has 3 heterocycles. The van der Waals surface area contributed by atoms with Crippen molar-refractivity contribution in [2.75, 3.05) is 20.2 Å². The molecule has 4 rings (SSSR count). The van der Waals surface area contributed by atoms with E-state index in [1.807, 2.05) is 0 Å². The van der Waals surface area contributed by atoms with E-state index in [0.29, 0.717) is 25.8 Å². The molecule has 1 spiro atoms. The van der Waals surface area contributed by atoms with Crippen LogP contribution in [0.4, 0.5) is 0 Å². The van der Waals surface area contributed by atoms with Crippen molar-refractivity contribution >= 4 is 17.7 Å². The number of hydrogen-bond donors (Lipinski definition) is 3. The van der Waals surface area contributed by atoms with Crippen LogP contribution < -0.4 is 10.6 Å². The van der Waals surface area contributed by atoms with E-state index in [2.05, 4.69) is 10.6 Å². The fourth-order valence-electron chi connectivity index (χ4n) is 5.93. The number of nitrogens with one attached hydrogen (secondary N) is 2. The zero-order valence-corrected chi connectivity index (χ0v) is 16.5. The van der Waals surface area contributed by atoms with Crippen LogP contribution in [0, 0.1) is 11.8 Å². The van der Waals surface area contributed by atoms with Gasteiger partial charge in [0.25, 0.3) is 0 Å². The molecule has 1 saturated carbocycles. The number of aliphatic hydroxyl groups is 1. The second-order valence-corrected chi connectivity index (χ2v) is 8.62. The maximum Gasteiger partial charge on any atom is 0.246 e. The van der Waals surface area contributed by atoms with Gasteiger partial charge in [-0.2, -0.15) is 0 Å². The van der Waals surface area contributed by atoms with Crippen LogP contribution in [0.2, 0.25) is 0 Å². The summed E-state index contributed by atoms with van der Waals surface area (Å²) in [6.45, 7) is 0.242. The lowest BCUT2D eigenvalue weighted by Gasteiger charge is -2.35. The summed E-state index contributed by atoms with van der Waals surface area (Å²) >= 11 is 0. The smallest absolute Gasteiger partial charge is 0.246 e. The van der Waals surface area contributed by atoms with Crippen molar-refractivity contribution in [2.24, 2.45) is 11.8 Å². The summed E-state index contributed by atoms with van der Waals surface area (Å²) in [5, 5.41) is 15.1. The third kappa shape index (κ3) is 2.92. The molecular formula is C20H31N3O5. The predicted octanol–water partition coefficient (Wildman–Crippen LogP) is -0.0617. The van der Waals surface area contributed by atoms with Gasteiger partial charge in [-0.15, -0.1) is 0 Å². The highest BCUT2D eigenvalue weighted by Gasteiger charge is 2.74. The Labute approximate surface area is 165 Å². The van der Waals surface area contributed by atoms with Crippen molar-refractivity contribution in [2.45, 2.75) is 75.2 Å². The summed E-state index contributed by atoms with van der Waals surface area (Å²) in [5.41, 5.74) is -0.923. The van der Waals surface area contributed by atoms with E-state index in [1.54, 1.807) is 11.9 Å². The van der Waals surface area contributed by atoms with Gasteiger partial charge in [-0.25, -0.2) is 0 Å². The summed E-state index contributed by atoms with van der Waals surface area (Å²) in [4.78, 5) is 40.7. The highest BCUT2D eigenvalue weighted by molar-refractivity contribution is 5.98. The van der Waals surface area contributed by atoms with Crippen LogP contribution in [0.5, 0.6) is 0 Å². The average Bonchev–Trinajstić information content (AvgIpc) is 3.34. The van der Waals surface area contributed by atoms with Gasteiger partial charge in [0.2, 0.25) is 17.7 Å². The Morgan fingerprint density at radius 3 is 2.64 bits per heavy atom. The summed E-state index contributed by atoms with van der Waals surface area (Å²) in [7, 11) is 1.57. The SMILES string of the molecule is CNC(=O)[C@@H]1[C@@H]2CCC3(O2)C(C(=O)NC2CCCCC2)N(CCCO)C(=O)[C@H]13. The van der Waals surface area contributed by atoms with Crippen LogP contribution in [0.25, 0.3) is 0 Å². The van der Waals surface area contributed by atoms with E-state index < -0.39 is 23.5 Å². The van der Waals surface area contributed by atoms with Gasteiger partial charge >= 0.3 is 0 Å². The lowest BCUT2D eigenvalue weighted by Crippen LogP contribution is -2.57. The van der Waals surface area contributed by atoms with Crippen molar-refractivity contribution in [1.82, 2.24) is 15.5 Å². The Kier molecular flexibility index (Phi) is 5.35. The molecule has 3 amide bonds. The van der Waals surface area contributed by atoms with Crippen LogP contribution >= 0.6 is 0 Å². The minimum absolute atomic E-state index is 0.0548. The molecule has 8 heteroatoms. The Hall–Kier alpha value is -1.67. The molecule has 5 atom stereocenters. The topological polar surface area (TPSA) is 108 Å². The van der Waals surface area contributed by atoms with E-state index in [-0.39, 0.29) is 36.5 Å². The number of aliphatic hydroxyl groups excluding tert-OH is 1. The predicted molar refractivity (Wildman–Crippen MR) is 100 cm³/mol. The molecule has 0 aromatic rings. The fourth-order valence-corrected chi connectivity index (χ4v) is 5.93. The molecule has 28 heavy (non-hydrogen) atoms. The summed E-state index contributed by atoms with van der Waals surface area (Å²) in [6.07, 6.45) is 6.72. The summed E-state index contributed by atoms with van der Waals surface area (Å²) in [6, 6.07) is -0.585. The molecule has 4 aliphatic rings. The second kappa shape index (κ2) is 7.63. The molecule has 2 bridgehead atoms. The molecule has 0 aromatic carbocycles. The van der Waals surface area contributed by atoms with Gasteiger partial charge in [0.15, 0.2) is 0 Å². The zero-order valence-electron chi connectivity index (χ0n) is 16.5. The van der Waals surface area contributed by atoms with E-state index in [1.165, 1.54) is 6.42 Å². The maximum atomic E-state index is 13.4. The largest absolute Gasteiger partial charge is 0.396 e. The maximum absolute atomic E-state index is 13.4. The minimum atomic E-state index is -0.923. The first-order chi connectivity index (χ1) is 13.5. The average molecular weight is 393 g/mol. The quantitative estimate of drug-likeness (QED) is 0.586. The van der Waals surface area contributed by atoms with Gasteiger partial charge in [-0.1, -0.05) is 19.3 Å². The number of hydrogen-bond acceptors (Lipinski definition) is 5. The minimum Gasteiger partial charge on any atom is -0.396 e. The molecule has 3 N–H and O–H groups in total. The second-order valence-electron chi connectivity index (χ2n) is 8.62. The number of amides is 3. The number of nitrogens with zero attached hydrogens (tertiary/aromatic N) is 1. The van der Waals surface area contributed by atoms with E-state index in [0.717, 1.165) is 25.7 Å². The van der Waals surface area contributed by atoms with Gasteiger partial charge in [-0.05, 0) is 32.1 Å². The number of carbonyl (C=O) groups excluding carboxylic acids is 3. The number of carbonyl (C=O) groups is 3. The van der Waals surface area contributed by atoms with E-state index >= 15 is 0 Å². The highest BCUT2D eigenvalue weighted by atomic mass is 16.5. The van der Waals surface area contributed by atoms with Gasteiger partial charge < -0.3 is 25.4 Å². The molecule has 3 saturated heterocycles. The molecule has 2 unspecified atom stereocenters. The number of likely N-dealkylation sites (tertiary alicyclic amines) is 1. The van der Waals surface area contributed by atoms with Crippen LogP contribution in [-0.4, -0.2) is 71.7 Å². The van der Waals surface area contributed by atoms with Crippen molar-refractivity contribution in [1.29, 1.82) is 0 Å². The Morgan fingerprint density at radius 2 is 1.96 bits per heavy atom. The normalized spacial score (nSPS) is 37.2. The standard InChI is InChI=1S/C20H31N3O5/c1-21-17(25)14-13-8-9-20(28-13)15(14)19(27)23(10-5-11-24)16(20)18(26)22-12-6-3-2-4-7-12/h12-16,24H,2-11H2,1H3,(H,21,25)(H,22,26)/t13-,14+,15-,16?,20?/m0/s1. The number of ether oxygens (including phenoxy) is 1. The van der Waals surface area contributed by atoms with Crippen molar-refractivity contribution in [3.05, 3.63) is 0 Å². The van der Waals surface area contributed by atoms with Crippen LogP contribution in [0.15, 0.2) is 0 Å². The molecule has 8 nitrogen and oxygen atoms in total. The summed E-state index contributed by atoms with van der Waals surface area (Å²) < 4.78 is 6.28. The van der Waals surface area contributed by atoms with Gasteiger partial charge in [0.1, 0.15) is 11.6 Å². The molecular weight excluding hydrogens is 362 g/mol. The first-order valence-electron chi connectivity index (χ1n) is 10.6. The Bertz CT molecular complexity index is 650. The van der Waals surface area contributed by atoms with Crippen LogP contribution in [0.1, 0.15) is 51.4 Å². The highest BCUT2D eigenvalue weighted by Crippen LogP contribution is 2.58. The molecule has 3 aliphatic heterocycles. The van der Waals surface area contributed by atoms with Crippen LogP contribution in [-0.2, 0) is 19.1 Å². The first kappa shape index (κ1) is 19.6.